The van der Waals surface area contributed by atoms with Gasteiger partial charge in [-0.15, -0.1) is 0 Å². The molecule has 0 amide bonds. The summed E-state index contributed by atoms with van der Waals surface area (Å²) < 4.78 is 22.9. The molecule has 0 spiro atoms. The predicted molar refractivity (Wildman–Crippen MR) is 86.6 cm³/mol. The van der Waals surface area contributed by atoms with Crippen molar-refractivity contribution in [2.24, 2.45) is 0 Å². The van der Waals surface area contributed by atoms with E-state index in [9.17, 15) is 4.39 Å². The van der Waals surface area contributed by atoms with Gasteiger partial charge in [0.05, 0.1) is 5.69 Å². The van der Waals surface area contributed by atoms with E-state index in [1.807, 2.05) is 18.2 Å². The third kappa shape index (κ3) is 4.42. The molecule has 0 heterocycles. The van der Waals surface area contributed by atoms with Gasteiger partial charge in [-0.05, 0) is 35.9 Å². The maximum atomic E-state index is 12.8. The Hall–Kier alpha value is -1.20. The average molecular weight is 356 g/mol. The molecule has 0 unspecified atom stereocenters. The standard InChI is InChI=1S/C15H15BrFNOS/c1-2-20-18-14-8-5-12(16)9-15(14)19-10-11-3-6-13(17)7-4-11/h3-9,18H,2,10H2,1H3. The number of ether oxygens (including phenoxy) is 1. The highest BCUT2D eigenvalue weighted by molar-refractivity contribution is 9.10. The lowest BCUT2D eigenvalue weighted by atomic mass is 10.2. The highest BCUT2D eigenvalue weighted by Crippen LogP contribution is 2.30. The summed E-state index contributed by atoms with van der Waals surface area (Å²) in [6, 6.07) is 12.2. The van der Waals surface area contributed by atoms with Gasteiger partial charge in [0.15, 0.2) is 0 Å². The van der Waals surface area contributed by atoms with Crippen LogP contribution in [0, 0.1) is 5.82 Å². The van der Waals surface area contributed by atoms with Crippen molar-refractivity contribution in [2.75, 3.05) is 10.5 Å². The van der Waals surface area contributed by atoms with Gasteiger partial charge in [0.25, 0.3) is 0 Å². The molecule has 2 aromatic carbocycles. The second-order valence-corrected chi connectivity index (χ2v) is 6.08. The van der Waals surface area contributed by atoms with Crippen LogP contribution in [0.5, 0.6) is 5.75 Å². The van der Waals surface area contributed by atoms with Crippen LogP contribution in [0.1, 0.15) is 12.5 Å². The molecule has 0 aliphatic heterocycles. The van der Waals surface area contributed by atoms with Gasteiger partial charge in [-0.2, -0.15) is 0 Å². The number of hydrogen-bond donors (Lipinski definition) is 1. The van der Waals surface area contributed by atoms with Crippen LogP contribution < -0.4 is 9.46 Å². The molecule has 2 rings (SSSR count). The average Bonchev–Trinajstić information content (AvgIpc) is 2.46. The molecule has 0 bridgehead atoms. The van der Waals surface area contributed by atoms with Crippen molar-refractivity contribution in [3.63, 3.8) is 0 Å². The minimum absolute atomic E-state index is 0.238. The Kier molecular flexibility index (Phi) is 5.73. The van der Waals surface area contributed by atoms with Gasteiger partial charge in [0, 0.05) is 10.2 Å². The van der Waals surface area contributed by atoms with Crippen molar-refractivity contribution in [2.45, 2.75) is 13.5 Å². The second kappa shape index (κ2) is 7.55. The maximum absolute atomic E-state index is 12.8. The van der Waals surface area contributed by atoms with E-state index in [-0.39, 0.29) is 5.82 Å². The molecule has 1 N–H and O–H groups in total. The van der Waals surface area contributed by atoms with E-state index in [2.05, 4.69) is 27.6 Å². The normalized spacial score (nSPS) is 10.3. The fraction of sp³-hybridized carbons (Fsp3) is 0.200. The quantitative estimate of drug-likeness (QED) is 0.715. The van der Waals surface area contributed by atoms with Crippen molar-refractivity contribution in [3.05, 3.63) is 58.3 Å². The second-order valence-electron chi connectivity index (χ2n) is 4.09. The summed E-state index contributed by atoms with van der Waals surface area (Å²) in [5.74, 6) is 1.50. The van der Waals surface area contributed by atoms with Crippen molar-refractivity contribution in [1.29, 1.82) is 0 Å². The minimum Gasteiger partial charge on any atom is -0.487 e. The first-order chi connectivity index (χ1) is 9.69. The van der Waals surface area contributed by atoms with Crippen LogP contribution in [0.15, 0.2) is 46.9 Å². The summed E-state index contributed by atoms with van der Waals surface area (Å²) in [6.07, 6.45) is 0. The first kappa shape index (κ1) is 15.2. The Labute approximate surface area is 131 Å². The summed E-state index contributed by atoms with van der Waals surface area (Å²) in [6.45, 7) is 2.48. The molecule has 0 aromatic heterocycles. The Morgan fingerprint density at radius 1 is 1.20 bits per heavy atom. The van der Waals surface area contributed by atoms with E-state index >= 15 is 0 Å². The molecular weight excluding hydrogens is 341 g/mol. The Morgan fingerprint density at radius 2 is 1.95 bits per heavy atom. The summed E-state index contributed by atoms with van der Waals surface area (Å²) in [5.41, 5.74) is 1.86. The molecule has 5 heteroatoms. The molecule has 0 aliphatic rings. The van der Waals surface area contributed by atoms with E-state index in [4.69, 9.17) is 4.74 Å². The van der Waals surface area contributed by atoms with Gasteiger partial charge in [-0.25, -0.2) is 4.39 Å². The maximum Gasteiger partial charge on any atom is 0.144 e. The van der Waals surface area contributed by atoms with Crippen LogP contribution in [-0.4, -0.2) is 5.75 Å². The van der Waals surface area contributed by atoms with Crippen molar-refractivity contribution in [3.8, 4) is 5.75 Å². The van der Waals surface area contributed by atoms with E-state index in [1.165, 1.54) is 12.1 Å². The van der Waals surface area contributed by atoms with E-state index in [0.717, 1.165) is 27.2 Å². The number of rotatable bonds is 6. The molecule has 20 heavy (non-hydrogen) atoms. The zero-order valence-electron chi connectivity index (χ0n) is 11.0. The number of halogens is 2. The fourth-order valence-electron chi connectivity index (χ4n) is 1.59. The molecule has 2 nitrogen and oxygen atoms in total. The zero-order chi connectivity index (χ0) is 14.4. The third-order valence-corrected chi connectivity index (χ3v) is 3.72. The van der Waals surface area contributed by atoms with E-state index < -0.39 is 0 Å². The molecule has 0 atom stereocenters. The lowest BCUT2D eigenvalue weighted by Crippen LogP contribution is -1.99. The number of benzene rings is 2. The number of nitrogens with one attached hydrogen (secondary N) is 1. The molecule has 0 saturated carbocycles. The number of anilines is 1. The molecule has 0 saturated heterocycles. The molecular formula is C15H15BrFNOS. The summed E-state index contributed by atoms with van der Waals surface area (Å²) in [7, 11) is 0. The van der Waals surface area contributed by atoms with Crippen molar-refractivity contribution in [1.82, 2.24) is 0 Å². The summed E-state index contributed by atoms with van der Waals surface area (Å²) >= 11 is 5.05. The van der Waals surface area contributed by atoms with Crippen LogP contribution in [0.3, 0.4) is 0 Å². The van der Waals surface area contributed by atoms with Gasteiger partial charge in [-0.3, -0.25) is 0 Å². The predicted octanol–water partition coefficient (Wildman–Crippen LogP) is 5.25. The fourth-order valence-corrected chi connectivity index (χ4v) is 2.40. The lowest BCUT2D eigenvalue weighted by molar-refractivity contribution is 0.307. The van der Waals surface area contributed by atoms with Crippen LogP contribution in [0.2, 0.25) is 0 Å². The van der Waals surface area contributed by atoms with E-state index in [1.54, 1.807) is 24.1 Å². The van der Waals surface area contributed by atoms with Crippen LogP contribution in [-0.2, 0) is 6.61 Å². The molecule has 106 valence electrons. The first-order valence-electron chi connectivity index (χ1n) is 6.23. The molecule has 0 radical (unpaired) electrons. The van der Waals surface area contributed by atoms with Crippen molar-refractivity contribution >= 4 is 33.6 Å². The van der Waals surface area contributed by atoms with Gasteiger partial charge >= 0.3 is 0 Å². The van der Waals surface area contributed by atoms with E-state index in [0.29, 0.717) is 6.61 Å². The minimum atomic E-state index is -0.238. The van der Waals surface area contributed by atoms with Gasteiger partial charge in [-0.1, -0.05) is 46.9 Å². The monoisotopic (exact) mass is 355 g/mol. The zero-order valence-corrected chi connectivity index (χ0v) is 13.4. The topological polar surface area (TPSA) is 21.3 Å². The Morgan fingerprint density at radius 3 is 2.65 bits per heavy atom. The highest BCUT2D eigenvalue weighted by atomic mass is 79.9. The van der Waals surface area contributed by atoms with Crippen LogP contribution >= 0.6 is 27.9 Å². The molecule has 2 aromatic rings. The molecule has 0 aliphatic carbocycles. The Bertz CT molecular complexity index is 562. The van der Waals surface area contributed by atoms with Gasteiger partial charge in [0.2, 0.25) is 0 Å². The summed E-state index contributed by atoms with van der Waals surface area (Å²) in [4.78, 5) is 0. The lowest BCUT2D eigenvalue weighted by Gasteiger charge is -2.13. The number of hydrogen-bond acceptors (Lipinski definition) is 3. The Balaban J connectivity index is 2.07. The smallest absolute Gasteiger partial charge is 0.144 e. The highest BCUT2D eigenvalue weighted by Gasteiger charge is 2.05. The molecule has 0 fully saturated rings. The van der Waals surface area contributed by atoms with Gasteiger partial charge < -0.3 is 9.46 Å². The van der Waals surface area contributed by atoms with Gasteiger partial charge in [0.1, 0.15) is 18.2 Å². The largest absolute Gasteiger partial charge is 0.487 e. The van der Waals surface area contributed by atoms with Crippen LogP contribution in [0.25, 0.3) is 0 Å². The van der Waals surface area contributed by atoms with Crippen molar-refractivity contribution < 1.29 is 9.13 Å². The van der Waals surface area contributed by atoms with Crippen LogP contribution in [0.4, 0.5) is 10.1 Å². The summed E-state index contributed by atoms with van der Waals surface area (Å²) in [5, 5.41) is 0. The third-order valence-electron chi connectivity index (χ3n) is 2.58. The first-order valence-corrected chi connectivity index (χ1v) is 8.01. The SMILES string of the molecule is CCSNc1ccc(Br)cc1OCc1ccc(F)cc1.